The van der Waals surface area contributed by atoms with Gasteiger partial charge in [0, 0.05) is 52.4 Å². The molecule has 6 aliphatic rings. The topological polar surface area (TPSA) is 6.48 Å². The van der Waals surface area contributed by atoms with Gasteiger partial charge in [-0.3, -0.25) is 0 Å². The number of thiophene rings is 1. The molecule has 1 aromatic heterocycles. The Hall–Kier alpha value is -3.55. The van der Waals surface area contributed by atoms with Gasteiger partial charge >= 0.3 is 0 Å². The first kappa shape index (κ1) is 45.2. The minimum Gasteiger partial charge on any atom is -0.334 e. The predicted octanol–water partition coefficient (Wildman–Crippen LogP) is 16.4. The van der Waals surface area contributed by atoms with Crippen molar-refractivity contribution in [2.45, 2.75) is 156 Å². The number of rotatable bonds is 6. The van der Waals surface area contributed by atoms with Gasteiger partial charge in [-0.15, -0.1) is 0 Å². The number of allylic oxidation sites excluding steroid dienone is 6. The van der Waals surface area contributed by atoms with E-state index in [9.17, 15) is 0 Å². The molecule has 338 valence electrons. The van der Waals surface area contributed by atoms with Crippen LogP contribution >= 0.6 is 33.9 Å². The fourth-order valence-electron chi connectivity index (χ4n) is 12.8. The number of fused-ring (bicyclic) bond motifs is 8. The lowest BCUT2D eigenvalue weighted by molar-refractivity contribution is 0.247. The summed E-state index contributed by atoms with van der Waals surface area (Å²) in [4.78, 5) is 7.14. The fraction of sp³-hybridized carbons (Fsp3) is 0.467. The number of aryl methyl sites for hydroxylation is 1. The van der Waals surface area contributed by atoms with E-state index in [1.807, 2.05) is 0 Å². The van der Waals surface area contributed by atoms with Crippen LogP contribution in [0.1, 0.15) is 149 Å². The van der Waals surface area contributed by atoms with Crippen LogP contribution in [0.3, 0.4) is 0 Å². The number of benzene rings is 3. The van der Waals surface area contributed by atoms with Gasteiger partial charge in [-0.25, -0.2) is 0 Å². The monoisotopic (exact) mass is 990 g/mol. The zero-order chi connectivity index (χ0) is 46.5. The van der Waals surface area contributed by atoms with Crippen LogP contribution in [-0.4, -0.2) is 16.2 Å². The summed E-state index contributed by atoms with van der Waals surface area (Å²) in [7, 11) is 0. The lowest BCUT2D eigenvalue weighted by Gasteiger charge is -2.52. The Balaban J connectivity index is 1.31. The summed E-state index contributed by atoms with van der Waals surface area (Å²) in [6.07, 6.45) is 20.1. The molecule has 0 radical (unpaired) electrons. The Labute approximate surface area is 410 Å². The molecule has 2 nitrogen and oxygen atoms in total. The van der Waals surface area contributed by atoms with Crippen molar-refractivity contribution in [3.63, 3.8) is 0 Å². The van der Waals surface area contributed by atoms with Crippen LogP contribution in [0.5, 0.6) is 0 Å². The first-order valence-electron chi connectivity index (χ1n) is 24.8. The van der Waals surface area contributed by atoms with E-state index in [1.54, 1.807) is 20.8 Å². The van der Waals surface area contributed by atoms with Crippen LogP contribution in [0.4, 0.5) is 28.4 Å². The van der Waals surface area contributed by atoms with Crippen LogP contribution in [0.2, 0.25) is 5.82 Å². The van der Waals surface area contributed by atoms with E-state index in [-0.39, 0.29) is 43.7 Å². The van der Waals surface area contributed by atoms with E-state index < -0.39 is 0 Å². The van der Waals surface area contributed by atoms with E-state index in [0.29, 0.717) is 11.8 Å². The predicted molar refractivity (Wildman–Crippen MR) is 295 cm³/mol. The van der Waals surface area contributed by atoms with E-state index in [4.69, 9.17) is 0 Å². The summed E-state index contributed by atoms with van der Waals surface area (Å²) in [6, 6.07) is 22.1. The first-order chi connectivity index (χ1) is 30.5. The minimum atomic E-state index is -0.0828. The molecule has 4 aromatic rings. The molecule has 0 bridgehead atoms. The van der Waals surface area contributed by atoms with Gasteiger partial charge in [0.15, 0.2) is 0 Å². The van der Waals surface area contributed by atoms with Crippen molar-refractivity contribution in [2.24, 2.45) is 22.7 Å². The molecule has 4 unspecified atom stereocenters. The molecule has 3 heterocycles. The fourth-order valence-corrected chi connectivity index (χ4v) is 15.1. The molecule has 0 amide bonds. The van der Waals surface area contributed by atoms with Crippen molar-refractivity contribution in [3.05, 3.63) is 134 Å². The summed E-state index contributed by atoms with van der Waals surface area (Å²) >= 11 is 5.01. The third kappa shape index (κ3) is 6.87. The van der Waals surface area contributed by atoms with Gasteiger partial charge < -0.3 is 9.80 Å². The van der Waals surface area contributed by atoms with Crippen molar-refractivity contribution in [1.29, 1.82) is 0 Å². The van der Waals surface area contributed by atoms with Crippen LogP contribution in [0, 0.1) is 29.6 Å². The molecule has 5 heteroatoms. The molecular weight excluding hydrogens is 918 g/mol. The SMILES string of the molecule is C/C=C\C1=Cc2c(N3c4cc(C)cc5c4B(c4sc6c(c4N5c4ccc(C(C)(C)C)cc4)C=C4C(C6)C(C)(I)CCC4(C)C)C4C=C(C(C)(C)CC)C(C(C)C)=CC43)cccc2C1(C)C. The third-order valence-corrected chi connectivity index (χ3v) is 19.7. The third-order valence-electron chi connectivity index (χ3n) is 17.1. The highest BCUT2D eigenvalue weighted by atomic mass is 127. The Morgan fingerprint density at radius 1 is 0.892 bits per heavy atom. The smallest absolute Gasteiger partial charge is 0.239 e. The van der Waals surface area contributed by atoms with Crippen LogP contribution in [-0.2, 0) is 17.3 Å². The molecule has 4 aliphatic carbocycles. The van der Waals surface area contributed by atoms with E-state index in [1.165, 1.54) is 85.7 Å². The summed E-state index contributed by atoms with van der Waals surface area (Å²) in [6.45, 7) is 36.3. The molecule has 2 aliphatic heterocycles. The van der Waals surface area contributed by atoms with Crippen LogP contribution < -0.4 is 20.0 Å². The van der Waals surface area contributed by atoms with Gasteiger partial charge in [0.1, 0.15) is 0 Å². The van der Waals surface area contributed by atoms with Gasteiger partial charge in [-0.2, -0.15) is 11.3 Å². The van der Waals surface area contributed by atoms with Crippen molar-refractivity contribution >= 4 is 91.5 Å². The molecule has 3 aromatic carbocycles. The standard InChI is InChI=1S/C60H72BIN2S/c1-16-19-38-30-41-43(59(38,13)14)20-18-21-48(41)64-49-32-40(35(3)4)44(57(9,10)17-2)33-47(49)61-53-50(28-36(5)29-51(53)64)63(39-24-22-37(23-25-39)56(6,7)8)54-42-31-45-46(34-52(42)65-55(54)61)60(15,62)27-26-58(45,11)12/h16,18-25,28-33,35,46-47,49H,17,26-27,34H2,1-15H3/b19-16-. The number of halogens is 1. The molecule has 0 saturated heterocycles. The molecule has 10 rings (SSSR count). The minimum absolute atomic E-state index is 0.0495. The lowest BCUT2D eigenvalue weighted by atomic mass is 9.31. The van der Waals surface area contributed by atoms with Crippen molar-refractivity contribution in [1.82, 2.24) is 0 Å². The van der Waals surface area contributed by atoms with Gasteiger partial charge in [0.05, 0.1) is 11.7 Å². The number of hydrogen-bond donors (Lipinski definition) is 0. The average molecular weight is 991 g/mol. The van der Waals surface area contributed by atoms with Gasteiger partial charge in [-0.05, 0) is 156 Å². The second-order valence-corrected chi connectivity index (χ2v) is 27.6. The maximum atomic E-state index is 2.84. The van der Waals surface area contributed by atoms with Crippen molar-refractivity contribution in [3.8, 4) is 0 Å². The molecular formula is C60H72BIN2S. The quantitative estimate of drug-likeness (QED) is 0.108. The van der Waals surface area contributed by atoms with E-state index >= 15 is 0 Å². The molecule has 1 saturated carbocycles. The molecule has 1 fully saturated rings. The van der Waals surface area contributed by atoms with Crippen molar-refractivity contribution in [2.75, 3.05) is 9.80 Å². The highest BCUT2D eigenvalue weighted by Gasteiger charge is 2.54. The summed E-state index contributed by atoms with van der Waals surface area (Å²) in [5.74, 6) is 1.19. The maximum absolute atomic E-state index is 2.84. The van der Waals surface area contributed by atoms with Gasteiger partial charge in [0.2, 0.25) is 6.71 Å². The zero-order valence-electron chi connectivity index (χ0n) is 42.1. The number of alkyl halides is 1. The number of anilines is 5. The average Bonchev–Trinajstić information content (AvgIpc) is 3.74. The number of hydrogen-bond acceptors (Lipinski definition) is 3. The van der Waals surface area contributed by atoms with Crippen LogP contribution in [0.15, 0.2) is 101 Å². The highest BCUT2D eigenvalue weighted by Crippen LogP contribution is 2.60. The lowest BCUT2D eigenvalue weighted by Crippen LogP contribution is -2.61. The summed E-state index contributed by atoms with van der Waals surface area (Å²) < 4.78 is 1.80. The summed E-state index contributed by atoms with van der Waals surface area (Å²) in [5.41, 5.74) is 21.6. The number of nitrogens with zero attached hydrogens (tertiary/aromatic N) is 2. The Kier molecular flexibility index (Phi) is 10.6. The largest absolute Gasteiger partial charge is 0.334 e. The first-order valence-corrected chi connectivity index (χ1v) is 26.7. The van der Waals surface area contributed by atoms with Crippen LogP contribution in [0.25, 0.3) is 12.2 Å². The van der Waals surface area contributed by atoms with Crippen molar-refractivity contribution < 1.29 is 0 Å². The molecule has 0 spiro atoms. The Morgan fingerprint density at radius 3 is 2.26 bits per heavy atom. The normalized spacial score (nSPS) is 25.0. The zero-order valence-corrected chi connectivity index (χ0v) is 45.0. The van der Waals surface area contributed by atoms with E-state index in [2.05, 4.69) is 239 Å². The second-order valence-electron chi connectivity index (χ2n) is 24.0. The Morgan fingerprint density at radius 2 is 1.60 bits per heavy atom. The second kappa shape index (κ2) is 15.2. The Bertz CT molecular complexity index is 2790. The van der Waals surface area contributed by atoms with E-state index in [0.717, 1.165) is 12.8 Å². The summed E-state index contributed by atoms with van der Waals surface area (Å²) in [5, 5.41) is 0. The van der Waals surface area contributed by atoms with Gasteiger partial charge in [0.25, 0.3) is 0 Å². The van der Waals surface area contributed by atoms with Gasteiger partial charge in [-0.1, -0.05) is 166 Å². The maximum Gasteiger partial charge on any atom is 0.239 e. The molecule has 65 heavy (non-hydrogen) atoms. The molecule has 0 N–H and O–H groups in total. The molecule has 4 atom stereocenters. The highest BCUT2D eigenvalue weighted by molar-refractivity contribution is 14.1.